The van der Waals surface area contributed by atoms with Gasteiger partial charge >= 0.3 is 0 Å². The molecule has 1 amide bonds. The molecule has 0 spiro atoms. The van der Waals surface area contributed by atoms with Crippen LogP contribution in [0.4, 0.5) is 0 Å². The van der Waals surface area contributed by atoms with Gasteiger partial charge in [0.2, 0.25) is 0 Å². The van der Waals surface area contributed by atoms with Gasteiger partial charge in [-0.3, -0.25) is 4.79 Å². The Labute approximate surface area is 125 Å². The summed E-state index contributed by atoms with van der Waals surface area (Å²) in [6.45, 7) is 8.93. The monoisotopic (exact) mass is 298 g/mol. The fourth-order valence-corrected chi connectivity index (χ4v) is 1.92. The largest absolute Gasteiger partial charge is 0.481 e. The maximum atomic E-state index is 11.7. The van der Waals surface area contributed by atoms with E-state index in [-0.39, 0.29) is 5.91 Å². The summed E-state index contributed by atoms with van der Waals surface area (Å²) in [6.07, 6.45) is -0.550. The third-order valence-corrected chi connectivity index (χ3v) is 3.14. The van der Waals surface area contributed by atoms with Crippen LogP contribution in [0.2, 0.25) is 5.02 Å². The van der Waals surface area contributed by atoms with E-state index >= 15 is 0 Å². The number of carbonyl (C=O) groups is 1. The third-order valence-electron chi connectivity index (χ3n) is 2.79. The van der Waals surface area contributed by atoms with Crippen molar-refractivity contribution in [1.82, 2.24) is 10.6 Å². The second-order valence-electron chi connectivity index (χ2n) is 4.91. The summed E-state index contributed by atoms with van der Waals surface area (Å²) in [5, 5.41) is 6.68. The summed E-state index contributed by atoms with van der Waals surface area (Å²) in [4.78, 5) is 11.7. The van der Waals surface area contributed by atoms with Crippen molar-refractivity contribution in [2.24, 2.45) is 0 Å². The van der Waals surface area contributed by atoms with Crippen LogP contribution in [-0.4, -0.2) is 24.6 Å². The average molecular weight is 299 g/mol. The predicted molar refractivity (Wildman–Crippen MR) is 82.2 cm³/mol. The Morgan fingerprint density at radius 3 is 2.65 bits per heavy atom. The fraction of sp³-hybridized carbons (Fsp3) is 0.533. The normalized spacial score (nSPS) is 12.3. The number of halogens is 1. The lowest BCUT2D eigenvalue weighted by Crippen LogP contribution is -2.36. The van der Waals surface area contributed by atoms with Gasteiger partial charge in [-0.05, 0) is 26.0 Å². The van der Waals surface area contributed by atoms with Crippen molar-refractivity contribution in [2.75, 3.05) is 6.54 Å². The number of amides is 1. The van der Waals surface area contributed by atoms with Crippen LogP contribution in [0.3, 0.4) is 0 Å². The molecule has 5 heteroatoms. The van der Waals surface area contributed by atoms with E-state index in [9.17, 15) is 4.79 Å². The van der Waals surface area contributed by atoms with Crippen molar-refractivity contribution < 1.29 is 9.53 Å². The molecular formula is C15H23ClN2O2. The molecule has 1 unspecified atom stereocenters. The van der Waals surface area contributed by atoms with Gasteiger partial charge in [0, 0.05) is 29.7 Å². The summed E-state index contributed by atoms with van der Waals surface area (Å²) >= 11 is 6.22. The van der Waals surface area contributed by atoms with E-state index in [0.717, 1.165) is 5.56 Å². The van der Waals surface area contributed by atoms with Crippen molar-refractivity contribution in [3.05, 3.63) is 28.8 Å². The second kappa shape index (κ2) is 8.12. The number of rotatable bonds is 7. The smallest absolute Gasteiger partial charge is 0.260 e. The van der Waals surface area contributed by atoms with Crippen LogP contribution in [0.15, 0.2) is 18.2 Å². The number of ether oxygens (including phenoxy) is 1. The molecule has 0 bridgehead atoms. The summed E-state index contributed by atoms with van der Waals surface area (Å²) in [5.74, 6) is 0.514. The van der Waals surface area contributed by atoms with Crippen molar-refractivity contribution in [3.63, 3.8) is 0 Å². The van der Waals surface area contributed by atoms with Crippen LogP contribution in [0.25, 0.3) is 0 Å². The first-order valence-electron chi connectivity index (χ1n) is 6.90. The molecule has 1 aromatic carbocycles. The molecule has 0 aliphatic heterocycles. The predicted octanol–water partition coefficient (Wildman–Crippen LogP) is 2.74. The Hall–Kier alpha value is -1.26. The molecule has 4 nitrogen and oxygen atoms in total. The van der Waals surface area contributed by atoms with Gasteiger partial charge in [-0.15, -0.1) is 0 Å². The molecular weight excluding hydrogens is 276 g/mol. The topological polar surface area (TPSA) is 50.4 Å². The highest BCUT2D eigenvalue weighted by Gasteiger charge is 2.16. The number of likely N-dealkylation sites (N-methyl/N-ethyl adjacent to an activating group) is 1. The molecule has 20 heavy (non-hydrogen) atoms. The van der Waals surface area contributed by atoms with Crippen LogP contribution in [-0.2, 0) is 11.3 Å². The highest BCUT2D eigenvalue weighted by molar-refractivity contribution is 6.31. The molecule has 0 radical (unpaired) electrons. The SMILES string of the molecule is CCNC(=O)C(C)Oc1cccc(Cl)c1CNC(C)C. The number of hydrogen-bond acceptors (Lipinski definition) is 3. The van der Waals surface area contributed by atoms with Crippen molar-refractivity contribution in [3.8, 4) is 5.75 Å². The summed E-state index contributed by atoms with van der Waals surface area (Å²) in [6, 6.07) is 5.82. The van der Waals surface area contributed by atoms with E-state index in [4.69, 9.17) is 16.3 Å². The zero-order valence-corrected chi connectivity index (χ0v) is 13.3. The van der Waals surface area contributed by atoms with Crippen molar-refractivity contribution in [2.45, 2.75) is 46.4 Å². The quantitative estimate of drug-likeness (QED) is 0.814. The fourth-order valence-electron chi connectivity index (χ4n) is 1.69. The molecule has 1 aromatic rings. The number of hydrogen-bond donors (Lipinski definition) is 2. The van der Waals surface area contributed by atoms with Crippen LogP contribution in [0, 0.1) is 0 Å². The maximum Gasteiger partial charge on any atom is 0.260 e. The van der Waals surface area contributed by atoms with Gasteiger partial charge in [-0.25, -0.2) is 0 Å². The van der Waals surface area contributed by atoms with Gasteiger partial charge in [0.15, 0.2) is 6.10 Å². The Morgan fingerprint density at radius 1 is 1.35 bits per heavy atom. The Morgan fingerprint density at radius 2 is 2.05 bits per heavy atom. The molecule has 0 heterocycles. The highest BCUT2D eigenvalue weighted by atomic mass is 35.5. The second-order valence-corrected chi connectivity index (χ2v) is 5.31. The first-order chi connectivity index (χ1) is 9.45. The third kappa shape index (κ3) is 5.02. The van der Waals surface area contributed by atoms with E-state index in [1.165, 1.54) is 0 Å². The van der Waals surface area contributed by atoms with E-state index in [1.807, 2.05) is 25.1 Å². The Balaban J connectivity index is 2.83. The minimum Gasteiger partial charge on any atom is -0.481 e. The maximum absolute atomic E-state index is 11.7. The lowest BCUT2D eigenvalue weighted by atomic mass is 10.2. The zero-order valence-electron chi connectivity index (χ0n) is 12.5. The van der Waals surface area contributed by atoms with Crippen LogP contribution < -0.4 is 15.4 Å². The highest BCUT2D eigenvalue weighted by Crippen LogP contribution is 2.27. The molecule has 0 aromatic heterocycles. The molecule has 2 N–H and O–H groups in total. The molecule has 1 atom stereocenters. The van der Waals surface area contributed by atoms with Gasteiger partial charge in [0.1, 0.15) is 5.75 Å². The molecule has 0 saturated heterocycles. The van der Waals surface area contributed by atoms with Gasteiger partial charge in [-0.1, -0.05) is 31.5 Å². The first-order valence-corrected chi connectivity index (χ1v) is 7.28. The molecule has 112 valence electrons. The molecule has 0 aliphatic rings. The van der Waals surface area contributed by atoms with Crippen molar-refractivity contribution in [1.29, 1.82) is 0 Å². The van der Waals surface area contributed by atoms with E-state index in [1.54, 1.807) is 6.92 Å². The van der Waals surface area contributed by atoms with Gasteiger partial charge in [-0.2, -0.15) is 0 Å². The molecule has 1 rings (SSSR count). The van der Waals surface area contributed by atoms with Gasteiger partial charge in [0.05, 0.1) is 0 Å². The zero-order chi connectivity index (χ0) is 15.1. The lowest BCUT2D eigenvalue weighted by Gasteiger charge is -2.18. The summed E-state index contributed by atoms with van der Waals surface area (Å²) in [7, 11) is 0. The van der Waals surface area contributed by atoms with Crippen LogP contribution in [0.5, 0.6) is 5.75 Å². The Bertz CT molecular complexity index is 449. The molecule has 0 aliphatic carbocycles. The van der Waals surface area contributed by atoms with E-state index in [0.29, 0.717) is 29.9 Å². The summed E-state index contributed by atoms with van der Waals surface area (Å²) in [5.41, 5.74) is 0.874. The first kappa shape index (κ1) is 16.8. The van der Waals surface area contributed by atoms with Gasteiger partial charge in [0.25, 0.3) is 5.91 Å². The van der Waals surface area contributed by atoms with Gasteiger partial charge < -0.3 is 15.4 Å². The van der Waals surface area contributed by atoms with Crippen molar-refractivity contribution >= 4 is 17.5 Å². The summed E-state index contributed by atoms with van der Waals surface area (Å²) < 4.78 is 5.74. The molecule has 0 fully saturated rings. The Kier molecular flexibility index (Phi) is 6.82. The van der Waals surface area contributed by atoms with Crippen LogP contribution in [0.1, 0.15) is 33.3 Å². The number of nitrogens with one attached hydrogen (secondary N) is 2. The number of carbonyl (C=O) groups excluding carboxylic acids is 1. The lowest BCUT2D eigenvalue weighted by molar-refractivity contribution is -0.127. The average Bonchev–Trinajstić information content (AvgIpc) is 2.38. The molecule has 0 saturated carbocycles. The standard InChI is InChI=1S/C15H23ClN2O2/c1-5-17-15(19)11(4)20-14-8-6-7-13(16)12(14)9-18-10(2)3/h6-8,10-11,18H,5,9H2,1-4H3,(H,17,19). The van der Waals surface area contributed by atoms with E-state index in [2.05, 4.69) is 24.5 Å². The minimum atomic E-state index is -0.550. The number of benzene rings is 1. The van der Waals surface area contributed by atoms with E-state index < -0.39 is 6.10 Å². The minimum absolute atomic E-state index is 0.129. The van der Waals surface area contributed by atoms with Crippen LogP contribution >= 0.6 is 11.6 Å².